The van der Waals surface area contributed by atoms with Gasteiger partial charge in [0.05, 0.1) is 11.4 Å². The minimum absolute atomic E-state index is 0.271. The minimum atomic E-state index is -0.875. The summed E-state index contributed by atoms with van der Waals surface area (Å²) >= 11 is 0. The molecule has 0 radical (unpaired) electrons. The molecule has 1 saturated heterocycles. The van der Waals surface area contributed by atoms with Crippen LogP contribution in [0.3, 0.4) is 0 Å². The van der Waals surface area contributed by atoms with Crippen molar-refractivity contribution >= 4 is 11.8 Å². The van der Waals surface area contributed by atoms with E-state index in [1.54, 1.807) is 6.20 Å². The molecule has 7 heteroatoms. The predicted octanol–water partition coefficient (Wildman–Crippen LogP) is 1.15. The van der Waals surface area contributed by atoms with Crippen LogP contribution in [0.4, 0.5) is 11.8 Å². The number of pyridine rings is 1. The zero-order valence-corrected chi connectivity index (χ0v) is 14.2. The van der Waals surface area contributed by atoms with Crippen LogP contribution < -0.4 is 16.4 Å². The van der Waals surface area contributed by atoms with E-state index in [4.69, 9.17) is 11.5 Å². The van der Waals surface area contributed by atoms with Crippen LogP contribution in [-0.4, -0.2) is 39.2 Å². The molecule has 5 N–H and O–H groups in total. The molecule has 1 aliphatic heterocycles. The molecule has 2 aliphatic rings. The molecule has 3 heterocycles. The molecule has 132 valence electrons. The molecule has 0 spiro atoms. The molecule has 1 saturated carbocycles. The van der Waals surface area contributed by atoms with Crippen LogP contribution in [0.25, 0.3) is 0 Å². The molecule has 0 bridgehead atoms. The highest BCUT2D eigenvalue weighted by Crippen LogP contribution is 2.37. The van der Waals surface area contributed by atoms with E-state index in [1.807, 2.05) is 24.3 Å². The normalized spacial score (nSPS) is 25.4. The quantitative estimate of drug-likeness (QED) is 0.768. The number of rotatable bonds is 3. The van der Waals surface area contributed by atoms with Gasteiger partial charge in [0.15, 0.2) is 0 Å². The van der Waals surface area contributed by atoms with Gasteiger partial charge in [0.2, 0.25) is 5.95 Å². The fourth-order valence-corrected chi connectivity index (χ4v) is 3.75. The fourth-order valence-electron chi connectivity index (χ4n) is 3.75. The summed E-state index contributed by atoms with van der Waals surface area (Å²) in [4.78, 5) is 15.3. The van der Waals surface area contributed by atoms with Crippen LogP contribution >= 0.6 is 0 Å². The van der Waals surface area contributed by atoms with E-state index in [0.29, 0.717) is 37.8 Å². The van der Waals surface area contributed by atoms with Gasteiger partial charge in [0.25, 0.3) is 0 Å². The smallest absolute Gasteiger partial charge is 0.222 e. The lowest BCUT2D eigenvalue weighted by atomic mass is 9.78. The third-order valence-electron chi connectivity index (χ3n) is 5.40. The van der Waals surface area contributed by atoms with Gasteiger partial charge in [-0.25, -0.2) is 4.98 Å². The van der Waals surface area contributed by atoms with Crippen LogP contribution in [0, 0.1) is 0 Å². The third kappa shape index (κ3) is 3.17. The zero-order chi connectivity index (χ0) is 17.4. The van der Waals surface area contributed by atoms with Crippen molar-refractivity contribution in [2.24, 2.45) is 5.73 Å². The topological polar surface area (TPSA) is 114 Å². The summed E-state index contributed by atoms with van der Waals surface area (Å²) in [6, 6.07) is 7.95. The van der Waals surface area contributed by atoms with Crippen LogP contribution in [0.1, 0.15) is 43.0 Å². The van der Waals surface area contributed by atoms with E-state index in [9.17, 15) is 5.11 Å². The molecule has 25 heavy (non-hydrogen) atoms. The highest BCUT2D eigenvalue weighted by Gasteiger charge is 2.36. The first-order valence-electron chi connectivity index (χ1n) is 8.82. The second-order valence-electron chi connectivity index (χ2n) is 7.17. The SMILES string of the molecule is Nc1nc(C2CC(N)C2)cc(N2CCC(O)(c3ccccn3)CC2)n1. The van der Waals surface area contributed by atoms with E-state index < -0.39 is 5.60 Å². The van der Waals surface area contributed by atoms with Crippen molar-refractivity contribution in [3.63, 3.8) is 0 Å². The van der Waals surface area contributed by atoms with E-state index in [-0.39, 0.29) is 6.04 Å². The lowest BCUT2D eigenvalue weighted by Gasteiger charge is -2.39. The Labute approximate surface area is 147 Å². The number of hydrogen-bond donors (Lipinski definition) is 3. The Morgan fingerprint density at radius 3 is 2.56 bits per heavy atom. The van der Waals surface area contributed by atoms with Crippen molar-refractivity contribution in [3.05, 3.63) is 41.9 Å². The second kappa shape index (κ2) is 6.24. The fraction of sp³-hybridized carbons (Fsp3) is 0.500. The Bertz CT molecular complexity index is 738. The number of nitrogen functional groups attached to an aromatic ring is 1. The van der Waals surface area contributed by atoms with E-state index in [2.05, 4.69) is 19.9 Å². The molecule has 2 aromatic rings. The van der Waals surface area contributed by atoms with Crippen LogP contribution in [0.5, 0.6) is 0 Å². The molecule has 0 atom stereocenters. The first-order valence-corrected chi connectivity index (χ1v) is 8.82. The van der Waals surface area contributed by atoms with Crippen LogP contribution in [0.15, 0.2) is 30.5 Å². The predicted molar refractivity (Wildman–Crippen MR) is 96.0 cm³/mol. The van der Waals surface area contributed by atoms with Gasteiger partial charge in [-0.15, -0.1) is 0 Å². The number of nitrogens with two attached hydrogens (primary N) is 2. The summed E-state index contributed by atoms with van der Waals surface area (Å²) in [5, 5.41) is 10.9. The molecule has 0 aromatic carbocycles. The Kier molecular flexibility index (Phi) is 4.05. The molecule has 2 fully saturated rings. The zero-order valence-electron chi connectivity index (χ0n) is 14.2. The molecule has 4 rings (SSSR count). The average molecular weight is 340 g/mol. The van der Waals surface area contributed by atoms with Crippen LogP contribution in [-0.2, 0) is 5.60 Å². The molecule has 0 unspecified atom stereocenters. The number of aromatic nitrogens is 3. The van der Waals surface area contributed by atoms with Crippen molar-refractivity contribution in [2.45, 2.75) is 43.2 Å². The summed E-state index contributed by atoms with van der Waals surface area (Å²) in [7, 11) is 0. The molecule has 1 aliphatic carbocycles. The monoisotopic (exact) mass is 340 g/mol. The lowest BCUT2D eigenvalue weighted by molar-refractivity contribution is 0.00750. The van der Waals surface area contributed by atoms with Crippen molar-refractivity contribution in [2.75, 3.05) is 23.7 Å². The van der Waals surface area contributed by atoms with E-state index >= 15 is 0 Å². The van der Waals surface area contributed by atoms with Gasteiger partial charge < -0.3 is 21.5 Å². The third-order valence-corrected chi connectivity index (χ3v) is 5.40. The highest BCUT2D eigenvalue weighted by molar-refractivity contribution is 5.45. The van der Waals surface area contributed by atoms with E-state index in [0.717, 1.165) is 30.0 Å². The number of piperidine rings is 1. The highest BCUT2D eigenvalue weighted by atomic mass is 16.3. The van der Waals surface area contributed by atoms with Gasteiger partial charge in [-0.3, -0.25) is 4.98 Å². The first kappa shape index (κ1) is 16.2. The van der Waals surface area contributed by atoms with Crippen molar-refractivity contribution in [1.82, 2.24) is 15.0 Å². The van der Waals surface area contributed by atoms with Gasteiger partial charge in [-0.05, 0) is 37.8 Å². The maximum absolute atomic E-state index is 10.9. The van der Waals surface area contributed by atoms with Crippen LogP contribution in [0.2, 0.25) is 0 Å². The Morgan fingerprint density at radius 2 is 1.92 bits per heavy atom. The number of anilines is 2. The Morgan fingerprint density at radius 1 is 1.16 bits per heavy atom. The van der Waals surface area contributed by atoms with Crippen molar-refractivity contribution < 1.29 is 5.11 Å². The summed E-state index contributed by atoms with van der Waals surface area (Å²) in [5.41, 5.74) is 12.7. The molecule has 0 amide bonds. The van der Waals surface area contributed by atoms with Gasteiger partial charge in [-0.1, -0.05) is 6.07 Å². The standard InChI is InChI=1S/C18H24N6O/c19-13-9-12(10-13)14-11-16(23-17(20)22-14)24-7-4-18(25,5-8-24)15-3-1-2-6-21-15/h1-3,6,11-13,25H,4-5,7-10,19H2,(H2,20,22,23). The summed E-state index contributed by atoms with van der Waals surface area (Å²) in [6.45, 7) is 1.40. The van der Waals surface area contributed by atoms with Crippen molar-refractivity contribution in [1.29, 1.82) is 0 Å². The van der Waals surface area contributed by atoms with Gasteiger partial charge >= 0.3 is 0 Å². The van der Waals surface area contributed by atoms with Gasteiger partial charge in [-0.2, -0.15) is 4.98 Å². The summed E-state index contributed by atoms with van der Waals surface area (Å²) in [6.07, 6.45) is 4.85. The maximum Gasteiger partial charge on any atom is 0.222 e. The molecular weight excluding hydrogens is 316 g/mol. The second-order valence-corrected chi connectivity index (χ2v) is 7.17. The largest absolute Gasteiger partial charge is 0.383 e. The number of aliphatic hydroxyl groups is 1. The van der Waals surface area contributed by atoms with Gasteiger partial charge in [0, 0.05) is 37.3 Å². The van der Waals surface area contributed by atoms with E-state index in [1.165, 1.54) is 0 Å². The van der Waals surface area contributed by atoms with Gasteiger partial charge in [0.1, 0.15) is 11.4 Å². The summed E-state index contributed by atoms with van der Waals surface area (Å²) < 4.78 is 0. The van der Waals surface area contributed by atoms with Crippen molar-refractivity contribution in [3.8, 4) is 0 Å². The Balaban J connectivity index is 1.49. The number of nitrogens with zero attached hydrogens (tertiary/aromatic N) is 4. The Hall–Kier alpha value is -2.25. The average Bonchev–Trinajstić information content (AvgIpc) is 2.60. The molecule has 7 nitrogen and oxygen atoms in total. The maximum atomic E-state index is 10.9. The summed E-state index contributed by atoms with van der Waals surface area (Å²) in [5.74, 6) is 1.53. The first-order chi connectivity index (χ1) is 12.0. The molecular formula is C18H24N6O. The lowest BCUT2D eigenvalue weighted by Crippen LogP contribution is -2.43. The molecule has 2 aromatic heterocycles. The minimum Gasteiger partial charge on any atom is -0.383 e. The number of hydrogen-bond acceptors (Lipinski definition) is 7.